The smallest absolute Gasteiger partial charge is 0.286 e. The van der Waals surface area contributed by atoms with Crippen LogP contribution >= 0.6 is 0 Å². The number of unbranched alkanes of at least 4 members (excludes halogenated alkanes) is 1. The quantitative estimate of drug-likeness (QED) is 0.784. The maximum atomic E-state index is 13.3. The predicted octanol–water partition coefficient (Wildman–Crippen LogP) is 4.20. The number of nitrogens with one attached hydrogen (secondary N) is 1. The Balaban J connectivity index is 1.95. The van der Waals surface area contributed by atoms with Gasteiger partial charge in [0.05, 0.1) is 5.69 Å². The highest BCUT2D eigenvalue weighted by atomic mass is 32.2. The number of amides is 1. The molecule has 0 saturated carbocycles. The van der Waals surface area contributed by atoms with Crippen molar-refractivity contribution in [2.75, 3.05) is 16.8 Å². The summed E-state index contributed by atoms with van der Waals surface area (Å²) in [5, 5.41) is 2.62. The van der Waals surface area contributed by atoms with Gasteiger partial charge in [0.15, 0.2) is 0 Å². The summed E-state index contributed by atoms with van der Waals surface area (Å²) in [6.45, 7) is 4.60. The zero-order valence-electron chi connectivity index (χ0n) is 15.8. The standard InChI is InChI=1S/C20H22FN3O3S/c1-3-5-11-24-17-10-9-16(13-18(17)28(26,27)23-19(24)4-2)22-20(25)14-7-6-8-15(21)12-14/h6-10,12-13H,3-5,11H2,1-2H3,(H,22,25). The summed E-state index contributed by atoms with van der Waals surface area (Å²) in [5.41, 5.74) is 1.02. The monoisotopic (exact) mass is 403 g/mol. The molecule has 0 aliphatic carbocycles. The number of amidine groups is 1. The van der Waals surface area contributed by atoms with E-state index in [-0.39, 0.29) is 10.5 Å². The summed E-state index contributed by atoms with van der Waals surface area (Å²) >= 11 is 0. The Kier molecular flexibility index (Phi) is 5.79. The van der Waals surface area contributed by atoms with Gasteiger partial charge in [0.25, 0.3) is 15.9 Å². The molecule has 1 aliphatic rings. The van der Waals surface area contributed by atoms with E-state index in [1.807, 2.05) is 11.8 Å². The third kappa shape index (κ3) is 4.06. The van der Waals surface area contributed by atoms with Crippen LogP contribution < -0.4 is 10.2 Å². The van der Waals surface area contributed by atoms with Crippen LogP contribution in [-0.2, 0) is 10.0 Å². The van der Waals surface area contributed by atoms with E-state index in [9.17, 15) is 17.6 Å². The van der Waals surface area contributed by atoms with Crippen molar-refractivity contribution in [1.82, 2.24) is 0 Å². The Hall–Kier alpha value is -2.74. The number of hydrogen-bond donors (Lipinski definition) is 1. The van der Waals surface area contributed by atoms with Crippen LogP contribution in [0.2, 0.25) is 0 Å². The Bertz CT molecular complexity index is 1030. The number of halogens is 1. The fourth-order valence-corrected chi connectivity index (χ4v) is 4.37. The SMILES string of the molecule is CCCCN1C(CC)=NS(=O)(=O)c2cc(NC(=O)c3cccc(F)c3)ccc21. The number of carbonyl (C=O) groups is 1. The molecule has 1 aliphatic heterocycles. The summed E-state index contributed by atoms with van der Waals surface area (Å²) in [6.07, 6.45) is 2.37. The molecule has 0 fully saturated rings. The minimum Gasteiger partial charge on any atom is -0.328 e. The number of hydrogen-bond acceptors (Lipinski definition) is 4. The van der Waals surface area contributed by atoms with Gasteiger partial charge in [-0.3, -0.25) is 4.79 Å². The Labute approximate surface area is 164 Å². The van der Waals surface area contributed by atoms with Crippen LogP contribution in [0.4, 0.5) is 15.8 Å². The molecule has 28 heavy (non-hydrogen) atoms. The third-order valence-corrected chi connectivity index (χ3v) is 5.80. The van der Waals surface area contributed by atoms with Crippen molar-refractivity contribution in [3.8, 4) is 0 Å². The van der Waals surface area contributed by atoms with Crippen molar-refractivity contribution in [2.24, 2.45) is 4.40 Å². The minimum atomic E-state index is -3.86. The molecule has 0 spiro atoms. The van der Waals surface area contributed by atoms with Gasteiger partial charge < -0.3 is 10.2 Å². The van der Waals surface area contributed by atoms with E-state index in [1.165, 1.54) is 24.3 Å². The van der Waals surface area contributed by atoms with Crippen LogP contribution in [0.1, 0.15) is 43.5 Å². The summed E-state index contributed by atoms with van der Waals surface area (Å²) < 4.78 is 42.6. The molecule has 1 heterocycles. The van der Waals surface area contributed by atoms with E-state index >= 15 is 0 Å². The third-order valence-electron chi connectivity index (χ3n) is 4.46. The van der Waals surface area contributed by atoms with E-state index in [2.05, 4.69) is 16.6 Å². The number of anilines is 2. The average Bonchev–Trinajstić information content (AvgIpc) is 2.67. The molecule has 0 saturated heterocycles. The molecule has 6 nitrogen and oxygen atoms in total. The van der Waals surface area contributed by atoms with Gasteiger partial charge in [-0.05, 0) is 42.8 Å². The van der Waals surface area contributed by atoms with Gasteiger partial charge in [-0.25, -0.2) is 4.39 Å². The molecule has 3 rings (SSSR count). The molecule has 1 amide bonds. The second-order valence-corrected chi connectivity index (χ2v) is 8.06. The number of carbonyl (C=O) groups excluding carboxylic acids is 1. The first-order chi connectivity index (χ1) is 13.4. The summed E-state index contributed by atoms with van der Waals surface area (Å²) in [6, 6.07) is 10.0. The Morgan fingerprint density at radius 1 is 1.18 bits per heavy atom. The zero-order chi connectivity index (χ0) is 20.3. The van der Waals surface area contributed by atoms with E-state index in [1.54, 1.807) is 12.1 Å². The highest BCUT2D eigenvalue weighted by molar-refractivity contribution is 7.90. The van der Waals surface area contributed by atoms with Gasteiger partial charge in [-0.2, -0.15) is 8.42 Å². The van der Waals surface area contributed by atoms with Crippen LogP contribution in [0, 0.1) is 5.82 Å². The van der Waals surface area contributed by atoms with Gasteiger partial charge >= 0.3 is 0 Å². The fourth-order valence-electron chi connectivity index (χ4n) is 3.05. The second kappa shape index (κ2) is 8.10. The number of nitrogens with zero attached hydrogens (tertiary/aromatic N) is 2. The van der Waals surface area contributed by atoms with Crippen molar-refractivity contribution in [1.29, 1.82) is 0 Å². The largest absolute Gasteiger partial charge is 0.328 e. The molecular formula is C20H22FN3O3S. The molecule has 0 bridgehead atoms. The van der Waals surface area contributed by atoms with Crippen LogP contribution in [0.3, 0.4) is 0 Å². The van der Waals surface area contributed by atoms with Crippen molar-refractivity contribution in [3.05, 3.63) is 53.8 Å². The molecular weight excluding hydrogens is 381 g/mol. The van der Waals surface area contributed by atoms with Crippen molar-refractivity contribution < 1.29 is 17.6 Å². The van der Waals surface area contributed by atoms with Gasteiger partial charge in [0, 0.05) is 24.2 Å². The Morgan fingerprint density at radius 2 is 1.96 bits per heavy atom. The molecule has 2 aromatic rings. The highest BCUT2D eigenvalue weighted by Crippen LogP contribution is 2.34. The van der Waals surface area contributed by atoms with Crippen LogP contribution in [0.15, 0.2) is 51.8 Å². The molecule has 1 N–H and O–H groups in total. The maximum Gasteiger partial charge on any atom is 0.286 e. The van der Waals surface area contributed by atoms with Crippen molar-refractivity contribution in [2.45, 2.75) is 38.0 Å². The highest BCUT2D eigenvalue weighted by Gasteiger charge is 2.30. The van der Waals surface area contributed by atoms with Gasteiger partial charge in [-0.15, -0.1) is 4.40 Å². The van der Waals surface area contributed by atoms with Crippen LogP contribution in [-0.4, -0.2) is 26.7 Å². The number of benzene rings is 2. The number of rotatable bonds is 6. The van der Waals surface area contributed by atoms with Crippen molar-refractivity contribution >= 4 is 33.1 Å². The average molecular weight is 403 g/mol. The lowest BCUT2D eigenvalue weighted by atomic mass is 10.2. The lowest BCUT2D eigenvalue weighted by molar-refractivity contribution is 0.102. The predicted molar refractivity (Wildman–Crippen MR) is 108 cm³/mol. The second-order valence-electron chi connectivity index (χ2n) is 6.49. The molecule has 0 aromatic heterocycles. The lowest BCUT2D eigenvalue weighted by Crippen LogP contribution is -2.36. The summed E-state index contributed by atoms with van der Waals surface area (Å²) in [4.78, 5) is 14.3. The van der Waals surface area contributed by atoms with E-state index in [0.717, 1.165) is 18.9 Å². The number of sulfonamides is 1. The minimum absolute atomic E-state index is 0.0536. The normalized spacial score (nSPS) is 15.0. The van der Waals surface area contributed by atoms with Crippen LogP contribution in [0.5, 0.6) is 0 Å². The van der Waals surface area contributed by atoms with Gasteiger partial charge in [0.1, 0.15) is 16.5 Å². The van der Waals surface area contributed by atoms with E-state index < -0.39 is 21.7 Å². The maximum absolute atomic E-state index is 13.3. The van der Waals surface area contributed by atoms with Gasteiger partial charge in [-0.1, -0.05) is 26.3 Å². The first kappa shape index (κ1) is 20.0. The molecule has 0 atom stereocenters. The molecule has 148 valence electrons. The van der Waals surface area contributed by atoms with Gasteiger partial charge in [0.2, 0.25) is 0 Å². The molecule has 0 radical (unpaired) electrons. The first-order valence-corrected chi connectivity index (χ1v) is 10.6. The molecule has 0 unspecified atom stereocenters. The van der Waals surface area contributed by atoms with Crippen LogP contribution in [0.25, 0.3) is 0 Å². The molecule has 8 heteroatoms. The molecule has 2 aromatic carbocycles. The first-order valence-electron chi connectivity index (χ1n) is 9.18. The lowest BCUT2D eigenvalue weighted by Gasteiger charge is -2.30. The Morgan fingerprint density at radius 3 is 2.64 bits per heavy atom. The zero-order valence-corrected chi connectivity index (χ0v) is 16.6. The summed E-state index contributed by atoms with van der Waals surface area (Å²) in [7, 11) is -3.86. The summed E-state index contributed by atoms with van der Waals surface area (Å²) in [5.74, 6) is -0.528. The van der Waals surface area contributed by atoms with Crippen molar-refractivity contribution in [3.63, 3.8) is 0 Å². The van der Waals surface area contributed by atoms with E-state index in [4.69, 9.17) is 0 Å². The number of fused-ring (bicyclic) bond motifs is 1. The topological polar surface area (TPSA) is 78.8 Å². The van der Waals surface area contributed by atoms with E-state index in [0.29, 0.717) is 30.2 Å². The fraction of sp³-hybridized carbons (Fsp3) is 0.300.